The first-order valence-electron chi connectivity index (χ1n) is 8.24. The van der Waals surface area contributed by atoms with E-state index in [1.165, 1.54) is 24.1 Å². The number of aromatic nitrogens is 2. The monoisotopic (exact) mass is 434 g/mol. The third-order valence-corrected chi connectivity index (χ3v) is 7.59. The number of rotatable bonds is 4. The number of methoxy groups -OCH3 is 1. The Morgan fingerprint density at radius 1 is 1.41 bits per heavy atom. The van der Waals surface area contributed by atoms with Gasteiger partial charge in [0.05, 0.1) is 27.2 Å². The van der Waals surface area contributed by atoms with E-state index in [9.17, 15) is 19.0 Å². The second-order valence-corrected chi connectivity index (χ2v) is 9.32. The molecule has 0 aliphatic carbocycles. The highest BCUT2D eigenvalue weighted by molar-refractivity contribution is 8.24. The van der Waals surface area contributed by atoms with Crippen LogP contribution in [-0.2, 0) is 11.3 Å². The second kappa shape index (κ2) is 7.27. The minimum absolute atomic E-state index is 0.0146. The number of halogens is 2. The molecule has 0 fully saturated rings. The van der Waals surface area contributed by atoms with Crippen LogP contribution in [0, 0.1) is 5.92 Å². The Bertz CT molecular complexity index is 915. The van der Waals surface area contributed by atoms with Crippen LogP contribution in [-0.4, -0.2) is 42.6 Å². The van der Waals surface area contributed by atoms with E-state index in [0.717, 1.165) is 0 Å². The normalized spacial score (nSPS) is 22.3. The quantitative estimate of drug-likeness (QED) is 0.607. The van der Waals surface area contributed by atoms with E-state index in [1.807, 2.05) is 0 Å². The molecule has 2 unspecified atom stereocenters. The number of hydrogen-bond acceptors (Lipinski definition) is 6. The summed E-state index contributed by atoms with van der Waals surface area (Å²) >= 11 is 12.9. The van der Waals surface area contributed by atoms with Crippen LogP contribution in [0.5, 0.6) is 5.88 Å². The Morgan fingerprint density at radius 2 is 2.07 bits per heavy atom. The lowest BCUT2D eigenvalue weighted by molar-refractivity contribution is 0.0596. The lowest BCUT2D eigenvalue weighted by Crippen LogP contribution is -2.28. The van der Waals surface area contributed by atoms with Crippen LogP contribution in [0.15, 0.2) is 17.2 Å². The average Bonchev–Trinajstić information content (AvgIpc) is 2.96. The first-order chi connectivity index (χ1) is 12.6. The number of aromatic hydroxyl groups is 1. The summed E-state index contributed by atoms with van der Waals surface area (Å²) in [6, 6.07) is 1.30. The molecular weight excluding hydrogens is 415 g/mol. The molecule has 0 bridgehead atoms. The molecule has 148 valence electrons. The fraction of sp³-hybridized carbons (Fsp3) is 0.412. The second-order valence-electron chi connectivity index (χ2n) is 6.46. The number of hydrogen-bond donors (Lipinski definition) is 3. The first-order valence-corrected chi connectivity index (χ1v) is 10.7. The molecular formula is C17H20Cl2N2O5S. The van der Waals surface area contributed by atoms with E-state index in [1.54, 1.807) is 13.8 Å². The molecule has 0 saturated heterocycles. The van der Waals surface area contributed by atoms with Gasteiger partial charge in [0.1, 0.15) is 5.56 Å². The number of ketones is 1. The zero-order chi connectivity index (χ0) is 20.1. The van der Waals surface area contributed by atoms with Gasteiger partial charge in [0, 0.05) is 36.5 Å². The molecule has 27 heavy (non-hydrogen) atoms. The van der Waals surface area contributed by atoms with Gasteiger partial charge in [0.2, 0.25) is 11.7 Å². The van der Waals surface area contributed by atoms with Crippen molar-refractivity contribution in [3.63, 3.8) is 0 Å². The summed E-state index contributed by atoms with van der Waals surface area (Å²) in [5, 5.41) is 14.2. The van der Waals surface area contributed by atoms with E-state index < -0.39 is 22.5 Å². The fourth-order valence-corrected chi connectivity index (χ4v) is 6.46. The van der Waals surface area contributed by atoms with Gasteiger partial charge in [-0.1, -0.05) is 30.1 Å². The number of carbonyl (C=O) groups excluding carboxylic acids is 1. The van der Waals surface area contributed by atoms with E-state index in [2.05, 4.69) is 5.10 Å². The third kappa shape index (κ3) is 3.24. The molecule has 7 nitrogen and oxygen atoms in total. The van der Waals surface area contributed by atoms with Gasteiger partial charge in [-0.25, -0.2) is 4.68 Å². The fourth-order valence-electron chi connectivity index (χ4n) is 3.47. The number of ether oxygens (including phenoxy) is 1. The average molecular weight is 435 g/mol. The Labute approximate surface area is 168 Å². The summed E-state index contributed by atoms with van der Waals surface area (Å²) in [7, 11) is -1.69. The van der Waals surface area contributed by atoms with E-state index in [4.69, 9.17) is 27.9 Å². The smallest absolute Gasteiger partial charge is 0.220 e. The largest absolute Gasteiger partial charge is 0.493 e. The van der Waals surface area contributed by atoms with Crippen molar-refractivity contribution in [3.05, 3.63) is 39.0 Å². The first kappa shape index (κ1) is 20.4. The molecule has 0 radical (unpaired) electrons. The lowest BCUT2D eigenvalue weighted by atomic mass is 9.94. The number of fused-ring (bicyclic) bond motifs is 1. The zero-order valence-corrected chi connectivity index (χ0v) is 17.3. The van der Waals surface area contributed by atoms with Gasteiger partial charge in [-0.3, -0.25) is 13.9 Å². The number of nitrogens with zero attached hydrogens (tertiary/aromatic N) is 2. The summed E-state index contributed by atoms with van der Waals surface area (Å²) in [5.74, 6) is -0.992. The van der Waals surface area contributed by atoms with Gasteiger partial charge in [-0.15, -0.1) is 0 Å². The molecule has 10 heteroatoms. The maximum absolute atomic E-state index is 13.0. The summed E-state index contributed by atoms with van der Waals surface area (Å²) in [5.41, 5.74) is 0.327. The van der Waals surface area contributed by atoms with Crippen LogP contribution in [0.25, 0.3) is 0 Å². The van der Waals surface area contributed by atoms with E-state index in [-0.39, 0.29) is 43.6 Å². The predicted octanol–water partition coefficient (Wildman–Crippen LogP) is 4.59. The lowest BCUT2D eigenvalue weighted by Gasteiger charge is -2.45. The molecule has 1 aromatic carbocycles. The van der Waals surface area contributed by atoms with Crippen LogP contribution in [0.3, 0.4) is 0 Å². The zero-order valence-electron chi connectivity index (χ0n) is 14.9. The summed E-state index contributed by atoms with van der Waals surface area (Å²) in [6.45, 7) is 3.97. The van der Waals surface area contributed by atoms with Crippen molar-refractivity contribution in [1.82, 2.24) is 9.78 Å². The van der Waals surface area contributed by atoms with Crippen molar-refractivity contribution in [1.29, 1.82) is 0 Å². The summed E-state index contributed by atoms with van der Waals surface area (Å²) in [4.78, 5) is 13.1. The summed E-state index contributed by atoms with van der Waals surface area (Å²) < 4.78 is 27.9. The SMILES string of the molecule is CCn1ncc(C(=O)c2cc(Cl)c3c(c2Cl)C(OC)C(C)CS3(O)O)c1O. The van der Waals surface area contributed by atoms with Crippen LogP contribution in [0.4, 0.5) is 0 Å². The standard InChI is InChI=1S/C17H20Cl2N2O5S/c1-4-21-17(23)10(6-20-21)14(22)9-5-11(18)16-12(13(9)19)15(26-3)8(2)7-27(16,24)25/h5-6,8,15,23-25H,4,7H2,1-3H3. The molecule has 2 heterocycles. The van der Waals surface area contributed by atoms with Crippen LogP contribution in [0.2, 0.25) is 10.0 Å². The predicted molar refractivity (Wildman–Crippen MR) is 104 cm³/mol. The minimum Gasteiger partial charge on any atom is -0.493 e. The topological polar surface area (TPSA) is 105 Å². The maximum Gasteiger partial charge on any atom is 0.220 e. The Kier molecular flexibility index (Phi) is 5.51. The molecule has 2 atom stereocenters. The number of aryl methyl sites for hydroxylation is 1. The molecule has 0 saturated carbocycles. The molecule has 1 aliphatic heterocycles. The van der Waals surface area contributed by atoms with E-state index in [0.29, 0.717) is 12.1 Å². The van der Waals surface area contributed by atoms with Gasteiger partial charge < -0.3 is 9.84 Å². The Balaban J connectivity index is 2.23. The Morgan fingerprint density at radius 3 is 2.63 bits per heavy atom. The Hall–Kier alpha value is -1.29. The molecule has 3 rings (SSSR count). The molecule has 1 aliphatic rings. The van der Waals surface area contributed by atoms with Crippen molar-refractivity contribution in [2.75, 3.05) is 12.9 Å². The molecule has 2 aromatic rings. The summed E-state index contributed by atoms with van der Waals surface area (Å²) in [6.07, 6.45) is 0.708. The minimum atomic E-state index is -3.18. The van der Waals surface area contributed by atoms with Crippen LogP contribution in [0.1, 0.15) is 41.4 Å². The van der Waals surface area contributed by atoms with Crippen molar-refractivity contribution in [2.45, 2.75) is 31.4 Å². The van der Waals surface area contributed by atoms with Crippen molar-refractivity contribution >= 4 is 39.6 Å². The molecule has 3 N–H and O–H groups in total. The van der Waals surface area contributed by atoms with E-state index >= 15 is 0 Å². The highest BCUT2D eigenvalue weighted by atomic mass is 35.5. The van der Waals surface area contributed by atoms with Gasteiger partial charge in [0.25, 0.3) is 0 Å². The number of benzene rings is 1. The van der Waals surface area contributed by atoms with Crippen LogP contribution < -0.4 is 0 Å². The van der Waals surface area contributed by atoms with Gasteiger partial charge in [0.15, 0.2) is 0 Å². The van der Waals surface area contributed by atoms with Crippen molar-refractivity contribution < 1.29 is 23.7 Å². The molecule has 1 aromatic heterocycles. The van der Waals surface area contributed by atoms with Gasteiger partial charge in [-0.2, -0.15) is 15.7 Å². The highest BCUT2D eigenvalue weighted by Gasteiger charge is 2.41. The highest BCUT2D eigenvalue weighted by Crippen LogP contribution is 2.62. The van der Waals surface area contributed by atoms with Crippen molar-refractivity contribution in [3.8, 4) is 5.88 Å². The molecule has 0 spiro atoms. The van der Waals surface area contributed by atoms with Gasteiger partial charge in [-0.05, 0) is 13.0 Å². The third-order valence-electron chi connectivity index (χ3n) is 4.68. The molecule has 0 amide bonds. The maximum atomic E-state index is 13.0. The number of carbonyl (C=O) groups is 1. The van der Waals surface area contributed by atoms with Gasteiger partial charge >= 0.3 is 0 Å². The van der Waals surface area contributed by atoms with Crippen LogP contribution >= 0.6 is 33.8 Å². The van der Waals surface area contributed by atoms with Crippen molar-refractivity contribution in [2.24, 2.45) is 5.92 Å².